The fourth-order valence-corrected chi connectivity index (χ4v) is 5.69. The van der Waals surface area contributed by atoms with E-state index >= 15 is 0 Å². The molecule has 7 nitrogen and oxygen atoms in total. The molecule has 1 atom stereocenters. The predicted octanol–water partition coefficient (Wildman–Crippen LogP) is 2.95. The van der Waals surface area contributed by atoms with Crippen molar-refractivity contribution in [2.45, 2.75) is 45.4 Å². The number of carbonyl (C=O) groups excluding carboxylic acids is 1. The summed E-state index contributed by atoms with van der Waals surface area (Å²) in [5.74, 6) is 0.138. The summed E-state index contributed by atoms with van der Waals surface area (Å²) in [6.07, 6.45) is 5.85. The first kappa shape index (κ1) is 21.1. The van der Waals surface area contributed by atoms with Gasteiger partial charge >= 0.3 is 6.03 Å². The Hall–Kier alpha value is -1.64. The molecule has 2 aliphatic heterocycles. The molecule has 1 aromatic carbocycles. The van der Waals surface area contributed by atoms with Crippen molar-refractivity contribution in [3.05, 3.63) is 29.8 Å². The Morgan fingerprint density at radius 3 is 2.32 bits per heavy atom. The number of benzene rings is 1. The molecule has 28 heavy (non-hydrogen) atoms. The van der Waals surface area contributed by atoms with E-state index in [2.05, 4.69) is 10.6 Å². The van der Waals surface area contributed by atoms with Crippen molar-refractivity contribution in [3.8, 4) is 0 Å². The first-order chi connectivity index (χ1) is 13.4. The van der Waals surface area contributed by atoms with Crippen molar-refractivity contribution < 1.29 is 13.2 Å². The summed E-state index contributed by atoms with van der Waals surface area (Å²) >= 11 is 0. The second-order valence-electron chi connectivity index (χ2n) is 7.89. The quantitative estimate of drug-likeness (QED) is 0.786. The first-order valence-corrected chi connectivity index (χ1v) is 11.7. The Morgan fingerprint density at radius 2 is 1.64 bits per heavy atom. The Bertz CT molecular complexity index is 743. The molecule has 0 saturated carbocycles. The largest absolute Gasteiger partial charge is 0.338 e. The van der Waals surface area contributed by atoms with Gasteiger partial charge in [0, 0.05) is 38.4 Å². The summed E-state index contributed by atoms with van der Waals surface area (Å²) in [4.78, 5) is 12.1. The molecule has 2 heterocycles. The summed E-state index contributed by atoms with van der Waals surface area (Å²) in [6.45, 7) is 4.78. The van der Waals surface area contributed by atoms with Crippen molar-refractivity contribution in [2.24, 2.45) is 5.92 Å². The first-order valence-electron chi connectivity index (χ1n) is 10.3. The highest BCUT2D eigenvalue weighted by Crippen LogP contribution is 2.23. The van der Waals surface area contributed by atoms with Crippen LogP contribution in [0.2, 0.25) is 0 Å². The number of hydrogen-bond donors (Lipinski definition) is 2. The minimum Gasteiger partial charge on any atom is -0.338 e. The van der Waals surface area contributed by atoms with Crippen LogP contribution >= 0.6 is 0 Å². The zero-order valence-electron chi connectivity index (χ0n) is 16.7. The van der Waals surface area contributed by atoms with Crippen LogP contribution in [0.4, 0.5) is 10.5 Å². The van der Waals surface area contributed by atoms with Gasteiger partial charge in [0.2, 0.25) is 0 Å². The highest BCUT2D eigenvalue weighted by Gasteiger charge is 2.33. The molecule has 0 aromatic heterocycles. The summed E-state index contributed by atoms with van der Waals surface area (Å²) in [5.41, 5.74) is 1.89. The molecule has 1 aromatic rings. The summed E-state index contributed by atoms with van der Waals surface area (Å²) in [7, 11) is -3.39. The fourth-order valence-electron chi connectivity index (χ4n) is 3.89. The molecule has 0 bridgehead atoms. The van der Waals surface area contributed by atoms with Gasteiger partial charge in [-0.3, -0.25) is 0 Å². The molecule has 2 N–H and O–H groups in total. The number of amides is 2. The monoisotopic (exact) mass is 408 g/mol. The van der Waals surface area contributed by atoms with Crippen LogP contribution in [0.25, 0.3) is 0 Å². The molecule has 8 heteroatoms. The molecule has 2 aliphatic rings. The zero-order chi connectivity index (χ0) is 20.0. The Morgan fingerprint density at radius 1 is 1.00 bits per heavy atom. The van der Waals surface area contributed by atoms with Crippen molar-refractivity contribution in [2.75, 3.05) is 38.0 Å². The van der Waals surface area contributed by atoms with Gasteiger partial charge < -0.3 is 10.6 Å². The van der Waals surface area contributed by atoms with Gasteiger partial charge in [0.25, 0.3) is 10.2 Å². The molecule has 156 valence electrons. The lowest BCUT2D eigenvalue weighted by Crippen LogP contribution is -2.50. The van der Waals surface area contributed by atoms with E-state index in [1.807, 2.05) is 31.2 Å². The third-order valence-corrected chi connectivity index (χ3v) is 7.56. The van der Waals surface area contributed by atoms with E-state index in [1.165, 1.54) is 0 Å². The Kier molecular flexibility index (Phi) is 7.31. The highest BCUT2D eigenvalue weighted by atomic mass is 32.2. The number of hydrogen-bond acceptors (Lipinski definition) is 3. The topological polar surface area (TPSA) is 81.8 Å². The van der Waals surface area contributed by atoms with Crippen LogP contribution in [0.15, 0.2) is 24.3 Å². The van der Waals surface area contributed by atoms with E-state index in [-0.39, 0.29) is 11.9 Å². The molecular weight excluding hydrogens is 376 g/mol. The summed E-state index contributed by atoms with van der Waals surface area (Å²) < 4.78 is 29.3. The lowest BCUT2D eigenvalue weighted by molar-refractivity contribution is 0.232. The van der Waals surface area contributed by atoms with Crippen LogP contribution in [-0.4, -0.2) is 55.8 Å². The maximum atomic E-state index is 13.0. The lowest BCUT2D eigenvalue weighted by Gasteiger charge is -2.35. The van der Waals surface area contributed by atoms with Gasteiger partial charge in [-0.25, -0.2) is 4.79 Å². The van der Waals surface area contributed by atoms with Gasteiger partial charge in [0.05, 0.1) is 0 Å². The van der Waals surface area contributed by atoms with E-state index in [1.54, 1.807) is 8.61 Å². The molecule has 3 rings (SSSR count). The van der Waals surface area contributed by atoms with Gasteiger partial charge in [-0.2, -0.15) is 17.0 Å². The second kappa shape index (κ2) is 9.71. The van der Waals surface area contributed by atoms with Crippen LogP contribution in [0.3, 0.4) is 0 Å². The van der Waals surface area contributed by atoms with Crippen LogP contribution in [-0.2, 0) is 10.2 Å². The van der Waals surface area contributed by atoms with Gasteiger partial charge in [-0.05, 0) is 50.7 Å². The highest BCUT2D eigenvalue weighted by molar-refractivity contribution is 7.86. The SMILES string of the molecule is Cc1ccc(NC(=O)NCC2CCCN(S(=O)(=O)N3CCCCCC3)C2)cc1. The van der Waals surface area contributed by atoms with E-state index in [9.17, 15) is 13.2 Å². The standard InChI is InChI=1S/C20H32N4O3S/c1-17-8-10-19(11-9-17)22-20(25)21-15-18-7-6-14-24(16-18)28(26,27)23-12-4-2-3-5-13-23/h8-11,18H,2-7,12-16H2,1H3,(H2,21,22,25). The molecule has 0 aliphatic carbocycles. The molecule has 0 radical (unpaired) electrons. The minimum absolute atomic E-state index is 0.138. The predicted molar refractivity (Wildman–Crippen MR) is 111 cm³/mol. The maximum absolute atomic E-state index is 13.0. The zero-order valence-corrected chi connectivity index (χ0v) is 17.5. The van der Waals surface area contributed by atoms with Gasteiger partial charge in [0.15, 0.2) is 0 Å². The summed E-state index contributed by atoms with van der Waals surface area (Å²) in [5, 5.41) is 5.71. The van der Waals surface area contributed by atoms with E-state index in [0.29, 0.717) is 32.7 Å². The van der Waals surface area contributed by atoms with Gasteiger partial charge in [-0.15, -0.1) is 0 Å². The van der Waals surface area contributed by atoms with Crippen molar-refractivity contribution in [1.29, 1.82) is 0 Å². The smallest absolute Gasteiger partial charge is 0.319 e. The van der Waals surface area contributed by atoms with E-state index < -0.39 is 10.2 Å². The van der Waals surface area contributed by atoms with Crippen molar-refractivity contribution in [1.82, 2.24) is 13.9 Å². The number of nitrogens with zero attached hydrogens (tertiary/aromatic N) is 2. The molecule has 2 fully saturated rings. The van der Waals surface area contributed by atoms with Crippen molar-refractivity contribution in [3.63, 3.8) is 0 Å². The number of piperidine rings is 1. The number of urea groups is 1. The number of nitrogens with one attached hydrogen (secondary N) is 2. The van der Waals surface area contributed by atoms with Gasteiger partial charge in [-0.1, -0.05) is 30.5 Å². The average Bonchev–Trinajstić information content (AvgIpc) is 2.99. The van der Waals surface area contributed by atoms with Crippen LogP contribution in [0.5, 0.6) is 0 Å². The van der Waals surface area contributed by atoms with Gasteiger partial charge in [0.1, 0.15) is 0 Å². The minimum atomic E-state index is -3.39. The Labute approximate surface area is 168 Å². The maximum Gasteiger partial charge on any atom is 0.319 e. The molecule has 2 amide bonds. The summed E-state index contributed by atoms with van der Waals surface area (Å²) in [6, 6.07) is 7.37. The number of carbonyl (C=O) groups is 1. The van der Waals surface area contributed by atoms with Crippen LogP contribution < -0.4 is 10.6 Å². The molecule has 2 saturated heterocycles. The van der Waals surface area contributed by atoms with Crippen LogP contribution in [0, 0.1) is 12.8 Å². The molecular formula is C20H32N4O3S. The number of aryl methyl sites for hydroxylation is 1. The Balaban J connectivity index is 1.50. The van der Waals surface area contributed by atoms with Crippen LogP contribution in [0.1, 0.15) is 44.1 Å². The molecule has 1 unspecified atom stereocenters. The van der Waals surface area contributed by atoms with E-state index in [4.69, 9.17) is 0 Å². The fraction of sp³-hybridized carbons (Fsp3) is 0.650. The normalized spacial score (nSPS) is 22.4. The van der Waals surface area contributed by atoms with E-state index in [0.717, 1.165) is 49.8 Å². The second-order valence-corrected chi connectivity index (χ2v) is 9.82. The number of rotatable bonds is 5. The average molecular weight is 409 g/mol. The third-order valence-electron chi connectivity index (χ3n) is 5.56. The number of anilines is 1. The lowest BCUT2D eigenvalue weighted by atomic mass is 10.00. The molecule has 0 spiro atoms. The third kappa shape index (κ3) is 5.68. The van der Waals surface area contributed by atoms with Crippen molar-refractivity contribution >= 4 is 21.9 Å².